The summed E-state index contributed by atoms with van der Waals surface area (Å²) in [5.74, 6) is -2.03. The molecule has 0 spiro atoms. The number of aromatic nitrogens is 2. The first-order chi connectivity index (χ1) is 19.1. The molecule has 0 fully saturated rings. The van der Waals surface area contributed by atoms with Gasteiger partial charge in [0.2, 0.25) is 11.8 Å². The van der Waals surface area contributed by atoms with E-state index in [1.54, 1.807) is 10.9 Å². The molecule has 15 nitrogen and oxygen atoms in total. The first-order valence-corrected chi connectivity index (χ1v) is 13.0. The first kappa shape index (κ1) is 31.6. The number of carbonyl (C=O) groups excluding carboxylic acids is 3. The third-order valence-electron chi connectivity index (χ3n) is 5.83. The standard InChI is InChI=1S/C25H40N12O3/c26-17(10-4-12-32-24(28)29)22(39)35-19-15-37(14-6-9-16-7-2-1-3-8-16)36-20(19)23(40)34-18(21(27)38)11-5-13-33-25(30)31/h1-3,7-8,15,17-18H,4-6,9-14,26H2,(H2,27,38)(H,34,40)(H,35,39)(H4,28,29,32)(H4,30,31,33)/t17-,18-/m0/s1. The van der Waals surface area contributed by atoms with Gasteiger partial charge in [0, 0.05) is 25.8 Å². The molecule has 0 aliphatic heterocycles. The second-order valence-corrected chi connectivity index (χ2v) is 9.17. The van der Waals surface area contributed by atoms with Gasteiger partial charge in [0.1, 0.15) is 6.04 Å². The molecular formula is C25H40N12O3. The summed E-state index contributed by atoms with van der Waals surface area (Å²) in [5.41, 5.74) is 34.0. The maximum absolute atomic E-state index is 13.2. The Kier molecular flexibility index (Phi) is 12.9. The Hall–Kier alpha value is -4.66. The van der Waals surface area contributed by atoms with Crippen LogP contribution in [0, 0.1) is 0 Å². The van der Waals surface area contributed by atoms with Crippen molar-refractivity contribution in [3.63, 3.8) is 0 Å². The third kappa shape index (κ3) is 11.4. The van der Waals surface area contributed by atoms with Crippen LogP contribution >= 0.6 is 0 Å². The van der Waals surface area contributed by atoms with Crippen molar-refractivity contribution in [1.82, 2.24) is 15.1 Å². The summed E-state index contributed by atoms with van der Waals surface area (Å²) in [6, 6.07) is 8.06. The number of nitrogens with one attached hydrogen (secondary N) is 2. The molecule has 1 aromatic heterocycles. The van der Waals surface area contributed by atoms with Crippen LogP contribution in [0.4, 0.5) is 5.69 Å². The quantitative estimate of drug-likeness (QED) is 0.0636. The molecule has 0 saturated heterocycles. The molecule has 2 atom stereocenters. The Morgan fingerprint density at radius 1 is 0.900 bits per heavy atom. The molecule has 14 N–H and O–H groups in total. The van der Waals surface area contributed by atoms with Gasteiger partial charge in [0.25, 0.3) is 5.91 Å². The number of amides is 3. The number of anilines is 1. The van der Waals surface area contributed by atoms with Gasteiger partial charge in [-0.15, -0.1) is 0 Å². The number of aryl methyl sites for hydroxylation is 2. The monoisotopic (exact) mass is 556 g/mol. The van der Waals surface area contributed by atoms with E-state index in [0.717, 1.165) is 18.4 Å². The van der Waals surface area contributed by atoms with E-state index in [2.05, 4.69) is 25.7 Å². The van der Waals surface area contributed by atoms with Crippen molar-refractivity contribution >= 4 is 35.3 Å². The van der Waals surface area contributed by atoms with Crippen LogP contribution in [-0.2, 0) is 22.6 Å². The number of rotatable bonds is 17. The number of hydrogen-bond donors (Lipinski definition) is 8. The molecule has 15 heteroatoms. The second kappa shape index (κ2) is 16.3. The Morgan fingerprint density at radius 3 is 2.12 bits per heavy atom. The summed E-state index contributed by atoms with van der Waals surface area (Å²) in [5, 5.41) is 9.65. The molecule has 0 bridgehead atoms. The average Bonchev–Trinajstić information content (AvgIpc) is 3.30. The first-order valence-electron chi connectivity index (χ1n) is 13.0. The highest BCUT2D eigenvalue weighted by Gasteiger charge is 2.25. The minimum absolute atomic E-state index is 0.0427. The van der Waals surface area contributed by atoms with E-state index in [-0.39, 0.29) is 36.3 Å². The lowest BCUT2D eigenvalue weighted by atomic mass is 10.1. The minimum Gasteiger partial charge on any atom is -0.370 e. The maximum atomic E-state index is 13.2. The van der Waals surface area contributed by atoms with Gasteiger partial charge >= 0.3 is 0 Å². The molecule has 1 heterocycles. The van der Waals surface area contributed by atoms with Crippen molar-refractivity contribution in [2.45, 2.75) is 57.2 Å². The topological polar surface area (TPSA) is 274 Å². The summed E-state index contributed by atoms with van der Waals surface area (Å²) < 4.78 is 1.57. The fourth-order valence-corrected chi connectivity index (χ4v) is 3.78. The molecule has 0 unspecified atom stereocenters. The summed E-state index contributed by atoms with van der Waals surface area (Å²) in [4.78, 5) is 45.7. The number of aliphatic imine (C=N–C) groups is 2. The number of nitrogens with zero attached hydrogens (tertiary/aromatic N) is 4. The molecule has 0 aliphatic rings. The molecule has 0 saturated carbocycles. The highest BCUT2D eigenvalue weighted by atomic mass is 16.2. The van der Waals surface area contributed by atoms with Crippen LogP contribution in [0.25, 0.3) is 0 Å². The van der Waals surface area contributed by atoms with E-state index < -0.39 is 29.8 Å². The van der Waals surface area contributed by atoms with Crippen molar-refractivity contribution in [3.8, 4) is 0 Å². The normalized spacial score (nSPS) is 12.1. The SMILES string of the molecule is NC(=O)[C@H](CCCN=C(N)N)NC(=O)c1nn(CCCc2ccccc2)cc1NC(=O)[C@@H](N)CCCN=C(N)N. The fourth-order valence-electron chi connectivity index (χ4n) is 3.78. The predicted molar refractivity (Wildman–Crippen MR) is 154 cm³/mol. The van der Waals surface area contributed by atoms with Crippen molar-refractivity contribution < 1.29 is 14.4 Å². The van der Waals surface area contributed by atoms with Crippen molar-refractivity contribution in [1.29, 1.82) is 0 Å². The van der Waals surface area contributed by atoms with Crippen LogP contribution in [0.3, 0.4) is 0 Å². The van der Waals surface area contributed by atoms with Crippen molar-refractivity contribution in [2.75, 3.05) is 18.4 Å². The third-order valence-corrected chi connectivity index (χ3v) is 5.83. The van der Waals surface area contributed by atoms with E-state index in [1.165, 1.54) is 0 Å². The Morgan fingerprint density at radius 2 is 1.52 bits per heavy atom. The zero-order valence-corrected chi connectivity index (χ0v) is 22.5. The van der Waals surface area contributed by atoms with Gasteiger partial charge in [-0.3, -0.25) is 29.1 Å². The molecule has 0 aliphatic carbocycles. The highest BCUT2D eigenvalue weighted by Crippen LogP contribution is 2.16. The lowest BCUT2D eigenvalue weighted by Crippen LogP contribution is -2.45. The zero-order valence-electron chi connectivity index (χ0n) is 22.5. The second-order valence-electron chi connectivity index (χ2n) is 9.17. The van der Waals surface area contributed by atoms with Gasteiger partial charge in [0.05, 0.1) is 11.7 Å². The van der Waals surface area contributed by atoms with Crippen LogP contribution in [0.5, 0.6) is 0 Å². The van der Waals surface area contributed by atoms with E-state index in [0.29, 0.717) is 32.4 Å². The predicted octanol–water partition coefficient (Wildman–Crippen LogP) is -1.53. The number of carbonyl (C=O) groups is 3. The molecule has 2 rings (SSSR count). The zero-order chi connectivity index (χ0) is 29.5. The van der Waals surface area contributed by atoms with Crippen molar-refractivity contribution in [2.24, 2.45) is 44.4 Å². The van der Waals surface area contributed by atoms with Gasteiger partial charge in [-0.2, -0.15) is 5.10 Å². The Labute approximate surface area is 232 Å². The molecular weight excluding hydrogens is 516 g/mol. The molecule has 2 aromatic rings. The summed E-state index contributed by atoms with van der Waals surface area (Å²) in [7, 11) is 0. The highest BCUT2D eigenvalue weighted by molar-refractivity contribution is 6.04. The lowest BCUT2D eigenvalue weighted by Gasteiger charge is -2.15. The molecule has 40 heavy (non-hydrogen) atoms. The average molecular weight is 557 g/mol. The molecule has 0 radical (unpaired) electrons. The minimum atomic E-state index is -0.994. The van der Waals surface area contributed by atoms with Gasteiger partial charge in [-0.25, -0.2) is 0 Å². The number of hydrogen-bond acceptors (Lipinski definition) is 7. The van der Waals surface area contributed by atoms with Crippen LogP contribution in [0.2, 0.25) is 0 Å². The summed E-state index contributed by atoms with van der Waals surface area (Å²) >= 11 is 0. The van der Waals surface area contributed by atoms with Gasteiger partial charge < -0.3 is 45.0 Å². The smallest absolute Gasteiger partial charge is 0.274 e. The van der Waals surface area contributed by atoms with Crippen LogP contribution < -0.4 is 45.0 Å². The van der Waals surface area contributed by atoms with Gasteiger partial charge in [-0.05, 0) is 44.1 Å². The maximum Gasteiger partial charge on any atom is 0.274 e. The van der Waals surface area contributed by atoms with Crippen LogP contribution in [-0.4, -0.2) is 64.6 Å². The summed E-state index contributed by atoms with van der Waals surface area (Å²) in [6.07, 6.45) is 4.49. The molecule has 3 amide bonds. The fraction of sp³-hybridized carbons (Fsp3) is 0.440. The molecule has 1 aromatic carbocycles. The Balaban J connectivity index is 2.13. The van der Waals surface area contributed by atoms with E-state index in [4.69, 9.17) is 34.4 Å². The number of nitrogens with two attached hydrogens (primary N) is 6. The molecule has 218 valence electrons. The van der Waals surface area contributed by atoms with E-state index in [9.17, 15) is 14.4 Å². The lowest BCUT2D eigenvalue weighted by molar-refractivity contribution is -0.120. The number of benzene rings is 1. The Bertz CT molecular complexity index is 1170. The van der Waals surface area contributed by atoms with Crippen LogP contribution in [0.15, 0.2) is 46.5 Å². The summed E-state index contributed by atoms with van der Waals surface area (Å²) in [6.45, 7) is 1.07. The number of primary amides is 1. The van der Waals surface area contributed by atoms with Crippen molar-refractivity contribution in [3.05, 3.63) is 47.8 Å². The van der Waals surface area contributed by atoms with Gasteiger partial charge in [-0.1, -0.05) is 30.3 Å². The number of guanidine groups is 2. The largest absolute Gasteiger partial charge is 0.370 e. The van der Waals surface area contributed by atoms with Crippen LogP contribution in [0.1, 0.15) is 48.2 Å². The van der Waals surface area contributed by atoms with E-state index >= 15 is 0 Å². The van der Waals surface area contributed by atoms with E-state index in [1.807, 2.05) is 30.3 Å². The van der Waals surface area contributed by atoms with Gasteiger partial charge in [0.15, 0.2) is 17.6 Å².